The molecule has 6 nitrogen and oxygen atoms in total. The van der Waals surface area contributed by atoms with Gasteiger partial charge in [-0.25, -0.2) is 9.78 Å². The number of carbonyl (C=O) groups is 2. The summed E-state index contributed by atoms with van der Waals surface area (Å²) in [5.74, 6) is -0.934. The van der Waals surface area contributed by atoms with Crippen molar-refractivity contribution in [2.75, 3.05) is 12.4 Å². The molecular weight excluding hydrogens is 272 g/mol. The number of ether oxygens (including phenoxy) is 1. The minimum absolute atomic E-state index is 0.0626. The van der Waals surface area contributed by atoms with E-state index < -0.39 is 11.9 Å². The quantitative estimate of drug-likeness (QED) is 0.666. The van der Waals surface area contributed by atoms with Gasteiger partial charge in [0, 0.05) is 5.69 Å². The zero-order chi connectivity index (χ0) is 15.4. The van der Waals surface area contributed by atoms with Crippen LogP contribution < -0.4 is 5.32 Å². The van der Waals surface area contributed by atoms with E-state index in [1.165, 1.54) is 31.4 Å². The number of amides is 1. The first-order chi connectivity index (χ1) is 10.0. The summed E-state index contributed by atoms with van der Waals surface area (Å²) in [6.07, 6.45) is 0. The fourth-order valence-corrected chi connectivity index (χ4v) is 1.75. The van der Waals surface area contributed by atoms with E-state index in [1.54, 1.807) is 19.1 Å². The number of benzene rings is 1. The number of hydrogen-bond acceptors (Lipinski definition) is 5. The van der Waals surface area contributed by atoms with Gasteiger partial charge in [0.1, 0.15) is 17.1 Å². The number of aryl methyl sites for hydroxylation is 1. The molecule has 0 spiro atoms. The average Bonchev–Trinajstić information content (AvgIpc) is 2.49. The molecule has 0 unspecified atom stereocenters. The second kappa shape index (κ2) is 6.04. The van der Waals surface area contributed by atoms with Crippen molar-refractivity contribution in [1.82, 2.24) is 4.98 Å². The van der Waals surface area contributed by atoms with Crippen molar-refractivity contribution in [2.45, 2.75) is 6.92 Å². The number of methoxy groups -OCH3 is 1. The van der Waals surface area contributed by atoms with Gasteiger partial charge < -0.3 is 15.2 Å². The Morgan fingerprint density at radius 2 is 1.90 bits per heavy atom. The van der Waals surface area contributed by atoms with E-state index in [1.807, 2.05) is 0 Å². The van der Waals surface area contributed by atoms with Gasteiger partial charge in [0.2, 0.25) is 0 Å². The highest BCUT2D eigenvalue weighted by Gasteiger charge is 2.13. The molecule has 2 aromatic rings. The summed E-state index contributed by atoms with van der Waals surface area (Å²) < 4.78 is 4.56. The molecule has 1 amide bonds. The molecule has 1 heterocycles. The van der Waals surface area contributed by atoms with Gasteiger partial charge in [0.15, 0.2) is 0 Å². The number of anilines is 1. The second-order valence-corrected chi connectivity index (χ2v) is 4.35. The number of esters is 1. The Kier molecular flexibility index (Phi) is 4.18. The maximum absolute atomic E-state index is 12.1. The van der Waals surface area contributed by atoms with Crippen LogP contribution in [-0.2, 0) is 4.74 Å². The highest BCUT2D eigenvalue weighted by molar-refractivity contribution is 6.04. The molecular formula is C15H14N2O4. The van der Waals surface area contributed by atoms with Gasteiger partial charge >= 0.3 is 5.97 Å². The lowest BCUT2D eigenvalue weighted by atomic mass is 10.2. The molecule has 0 bridgehead atoms. The van der Waals surface area contributed by atoms with Crippen molar-refractivity contribution in [2.24, 2.45) is 0 Å². The maximum atomic E-state index is 12.1. The number of hydrogen-bond donors (Lipinski definition) is 2. The van der Waals surface area contributed by atoms with Gasteiger partial charge in [-0.05, 0) is 42.8 Å². The molecule has 108 valence electrons. The predicted molar refractivity (Wildman–Crippen MR) is 76.4 cm³/mol. The molecule has 2 N–H and O–H groups in total. The van der Waals surface area contributed by atoms with Crippen molar-refractivity contribution in [3.05, 3.63) is 53.3 Å². The normalized spacial score (nSPS) is 10.0. The Labute approximate surface area is 121 Å². The molecule has 0 aliphatic carbocycles. The summed E-state index contributed by atoms with van der Waals surface area (Å²) in [4.78, 5) is 27.5. The van der Waals surface area contributed by atoms with Gasteiger partial charge in [-0.1, -0.05) is 6.07 Å². The van der Waals surface area contributed by atoms with Crippen LogP contribution in [0.2, 0.25) is 0 Å². The van der Waals surface area contributed by atoms with Crippen molar-refractivity contribution < 1.29 is 19.4 Å². The van der Waals surface area contributed by atoms with Crippen molar-refractivity contribution in [3.8, 4) is 5.75 Å². The van der Waals surface area contributed by atoms with E-state index in [2.05, 4.69) is 15.0 Å². The fraction of sp³-hybridized carbons (Fsp3) is 0.133. The Morgan fingerprint density at radius 3 is 2.57 bits per heavy atom. The summed E-state index contributed by atoms with van der Waals surface area (Å²) in [7, 11) is 1.25. The topological polar surface area (TPSA) is 88.5 Å². The Hall–Kier alpha value is -2.89. The Morgan fingerprint density at radius 1 is 1.19 bits per heavy atom. The minimum atomic E-state index is -0.606. The SMILES string of the molecule is COC(=O)c1cccc(C(=O)Nc2ccc(O)cc2C)n1. The zero-order valence-corrected chi connectivity index (χ0v) is 11.6. The number of aromatic hydroxyl groups is 1. The molecule has 2 rings (SSSR count). The van der Waals surface area contributed by atoms with Gasteiger partial charge in [0.05, 0.1) is 7.11 Å². The number of pyridine rings is 1. The number of carbonyl (C=O) groups excluding carboxylic acids is 2. The van der Waals surface area contributed by atoms with E-state index in [9.17, 15) is 14.7 Å². The van der Waals surface area contributed by atoms with E-state index in [0.29, 0.717) is 11.3 Å². The van der Waals surface area contributed by atoms with Crippen LogP contribution in [-0.4, -0.2) is 29.1 Å². The molecule has 1 aromatic heterocycles. The van der Waals surface area contributed by atoms with Crippen molar-refractivity contribution in [1.29, 1.82) is 0 Å². The van der Waals surface area contributed by atoms with Crippen LogP contribution >= 0.6 is 0 Å². The third-order valence-electron chi connectivity index (χ3n) is 2.83. The van der Waals surface area contributed by atoms with Gasteiger partial charge in [-0.2, -0.15) is 0 Å². The van der Waals surface area contributed by atoms with E-state index in [4.69, 9.17) is 0 Å². The highest BCUT2D eigenvalue weighted by atomic mass is 16.5. The molecule has 0 aliphatic heterocycles. The summed E-state index contributed by atoms with van der Waals surface area (Å²) >= 11 is 0. The monoisotopic (exact) mass is 286 g/mol. The number of nitrogens with zero attached hydrogens (tertiary/aromatic N) is 1. The van der Waals surface area contributed by atoms with Crippen LogP contribution in [0, 0.1) is 6.92 Å². The number of nitrogens with one attached hydrogen (secondary N) is 1. The van der Waals surface area contributed by atoms with Crippen LogP contribution in [0.15, 0.2) is 36.4 Å². The van der Waals surface area contributed by atoms with E-state index >= 15 is 0 Å². The van der Waals surface area contributed by atoms with E-state index in [-0.39, 0.29) is 17.1 Å². The standard InChI is InChI=1S/C15H14N2O4/c1-9-8-10(18)6-7-11(9)17-14(19)12-4-3-5-13(16-12)15(20)21-2/h3-8,18H,1-2H3,(H,17,19). The lowest BCUT2D eigenvalue weighted by Crippen LogP contribution is -2.16. The number of phenols is 1. The third kappa shape index (κ3) is 3.36. The Bertz CT molecular complexity index is 698. The lowest BCUT2D eigenvalue weighted by Gasteiger charge is -2.08. The van der Waals surface area contributed by atoms with Crippen LogP contribution in [0.25, 0.3) is 0 Å². The summed E-state index contributed by atoms with van der Waals surface area (Å²) in [6.45, 7) is 1.76. The number of aromatic nitrogens is 1. The summed E-state index contributed by atoms with van der Waals surface area (Å²) in [6, 6.07) is 9.12. The molecule has 21 heavy (non-hydrogen) atoms. The first-order valence-corrected chi connectivity index (χ1v) is 6.17. The third-order valence-corrected chi connectivity index (χ3v) is 2.83. The molecule has 0 aliphatic rings. The van der Waals surface area contributed by atoms with Crippen molar-refractivity contribution >= 4 is 17.6 Å². The highest BCUT2D eigenvalue weighted by Crippen LogP contribution is 2.20. The molecule has 1 aromatic carbocycles. The molecule has 0 saturated heterocycles. The zero-order valence-electron chi connectivity index (χ0n) is 11.6. The van der Waals surface area contributed by atoms with Gasteiger partial charge in [-0.3, -0.25) is 4.79 Å². The number of rotatable bonds is 3. The molecule has 0 fully saturated rings. The molecule has 6 heteroatoms. The van der Waals surface area contributed by atoms with Gasteiger partial charge in [-0.15, -0.1) is 0 Å². The van der Waals surface area contributed by atoms with Gasteiger partial charge in [0.25, 0.3) is 5.91 Å². The average molecular weight is 286 g/mol. The number of phenolic OH excluding ortho intramolecular Hbond substituents is 1. The fourth-order valence-electron chi connectivity index (χ4n) is 1.75. The van der Waals surface area contributed by atoms with Crippen LogP contribution in [0.1, 0.15) is 26.5 Å². The lowest BCUT2D eigenvalue weighted by molar-refractivity contribution is 0.0594. The maximum Gasteiger partial charge on any atom is 0.356 e. The van der Waals surface area contributed by atoms with Crippen molar-refractivity contribution in [3.63, 3.8) is 0 Å². The minimum Gasteiger partial charge on any atom is -0.508 e. The van der Waals surface area contributed by atoms with Crippen LogP contribution in [0.5, 0.6) is 5.75 Å². The first kappa shape index (κ1) is 14.5. The summed E-state index contributed by atoms with van der Waals surface area (Å²) in [5.41, 5.74) is 1.44. The van der Waals surface area contributed by atoms with Crippen LogP contribution in [0.4, 0.5) is 5.69 Å². The largest absolute Gasteiger partial charge is 0.508 e. The first-order valence-electron chi connectivity index (χ1n) is 6.17. The summed E-state index contributed by atoms with van der Waals surface area (Å²) in [5, 5.41) is 12.0. The smallest absolute Gasteiger partial charge is 0.356 e. The predicted octanol–water partition coefficient (Wildman–Crippen LogP) is 2.13. The molecule has 0 atom stereocenters. The second-order valence-electron chi connectivity index (χ2n) is 4.35. The van der Waals surface area contributed by atoms with E-state index in [0.717, 1.165) is 0 Å². The molecule has 0 radical (unpaired) electrons. The molecule has 0 saturated carbocycles. The Balaban J connectivity index is 2.22. The van der Waals surface area contributed by atoms with Crippen LogP contribution in [0.3, 0.4) is 0 Å².